The third-order valence-electron chi connectivity index (χ3n) is 2.65. The summed E-state index contributed by atoms with van der Waals surface area (Å²) < 4.78 is 25.7. The normalized spacial score (nSPS) is 20.5. The second-order valence-electron chi connectivity index (χ2n) is 3.96. The van der Waals surface area contributed by atoms with E-state index in [0.717, 1.165) is 35.0 Å². The highest BCUT2D eigenvalue weighted by molar-refractivity contribution is 14.1. The van der Waals surface area contributed by atoms with E-state index in [-0.39, 0.29) is 12.1 Å². The Morgan fingerprint density at radius 1 is 1.47 bits per heavy atom. The van der Waals surface area contributed by atoms with Gasteiger partial charge in [-0.3, -0.25) is 0 Å². The lowest BCUT2D eigenvalue weighted by Gasteiger charge is -2.23. The molecule has 2 nitrogen and oxygen atoms in total. The fourth-order valence-electron chi connectivity index (χ4n) is 1.70. The van der Waals surface area contributed by atoms with Crippen LogP contribution in [0.25, 0.3) is 0 Å². The summed E-state index contributed by atoms with van der Waals surface area (Å²) in [6.07, 6.45) is 3.09. The van der Waals surface area contributed by atoms with Gasteiger partial charge in [0, 0.05) is 10.2 Å². The second-order valence-corrected chi connectivity index (χ2v) is 5.98. The average Bonchev–Trinajstić information content (AvgIpc) is 2.33. The van der Waals surface area contributed by atoms with Crippen molar-refractivity contribution in [3.63, 3.8) is 0 Å². The molecule has 0 spiro atoms. The third-order valence-corrected chi connectivity index (χ3v) is 4.26. The SMILES string of the molecule is Fc1cc(I)c(COC2CCCCO2)cc1Br. The first-order valence-corrected chi connectivity index (χ1v) is 7.40. The quantitative estimate of drug-likeness (QED) is 0.544. The molecule has 0 radical (unpaired) electrons. The smallest absolute Gasteiger partial charge is 0.158 e. The second kappa shape index (κ2) is 6.45. The van der Waals surface area contributed by atoms with Crippen molar-refractivity contribution in [1.29, 1.82) is 0 Å². The highest BCUT2D eigenvalue weighted by Crippen LogP contribution is 2.24. The van der Waals surface area contributed by atoms with Crippen LogP contribution in [-0.2, 0) is 16.1 Å². The van der Waals surface area contributed by atoms with Crippen molar-refractivity contribution >= 4 is 38.5 Å². The van der Waals surface area contributed by atoms with Gasteiger partial charge in [0.25, 0.3) is 0 Å². The Morgan fingerprint density at radius 3 is 3.00 bits per heavy atom. The Morgan fingerprint density at radius 2 is 2.29 bits per heavy atom. The molecule has 0 aliphatic carbocycles. The Kier molecular flexibility index (Phi) is 5.20. The summed E-state index contributed by atoms with van der Waals surface area (Å²) >= 11 is 5.30. The van der Waals surface area contributed by atoms with Crippen molar-refractivity contribution < 1.29 is 13.9 Å². The van der Waals surface area contributed by atoms with Gasteiger partial charge in [0.1, 0.15) is 5.82 Å². The molecular formula is C12H13BrFIO2. The van der Waals surface area contributed by atoms with E-state index in [1.165, 1.54) is 6.07 Å². The largest absolute Gasteiger partial charge is 0.353 e. The number of halogens is 3. The maximum absolute atomic E-state index is 13.2. The monoisotopic (exact) mass is 414 g/mol. The summed E-state index contributed by atoms with van der Waals surface area (Å²) in [4.78, 5) is 0. The highest BCUT2D eigenvalue weighted by atomic mass is 127. The van der Waals surface area contributed by atoms with Gasteiger partial charge in [-0.05, 0) is 75.5 Å². The number of benzene rings is 1. The van der Waals surface area contributed by atoms with Gasteiger partial charge in [-0.25, -0.2) is 4.39 Å². The van der Waals surface area contributed by atoms with Gasteiger partial charge in [0.05, 0.1) is 11.1 Å². The van der Waals surface area contributed by atoms with Crippen molar-refractivity contribution in [1.82, 2.24) is 0 Å². The predicted molar refractivity (Wildman–Crippen MR) is 75.2 cm³/mol. The summed E-state index contributed by atoms with van der Waals surface area (Å²) in [6.45, 7) is 1.23. The first kappa shape index (κ1) is 13.7. The molecule has 1 aliphatic heterocycles. The van der Waals surface area contributed by atoms with Crippen LogP contribution < -0.4 is 0 Å². The zero-order valence-electron chi connectivity index (χ0n) is 9.22. The van der Waals surface area contributed by atoms with E-state index in [4.69, 9.17) is 9.47 Å². The molecule has 2 rings (SSSR count). The van der Waals surface area contributed by atoms with E-state index >= 15 is 0 Å². The maximum atomic E-state index is 13.2. The summed E-state index contributed by atoms with van der Waals surface area (Å²) in [7, 11) is 0. The lowest BCUT2D eigenvalue weighted by atomic mass is 10.2. The molecule has 17 heavy (non-hydrogen) atoms. The average molecular weight is 415 g/mol. The molecule has 1 atom stereocenters. The van der Waals surface area contributed by atoms with E-state index < -0.39 is 0 Å². The first-order valence-electron chi connectivity index (χ1n) is 5.53. The molecule has 1 fully saturated rings. The van der Waals surface area contributed by atoms with Crippen LogP contribution in [0.3, 0.4) is 0 Å². The number of hydrogen-bond donors (Lipinski definition) is 0. The van der Waals surface area contributed by atoms with E-state index in [1.54, 1.807) is 6.07 Å². The van der Waals surface area contributed by atoms with Gasteiger partial charge < -0.3 is 9.47 Å². The summed E-state index contributed by atoms with van der Waals surface area (Å²) in [6, 6.07) is 3.27. The molecule has 1 unspecified atom stereocenters. The Hall–Kier alpha value is 0.280. The fourth-order valence-corrected chi connectivity index (χ4v) is 2.68. The van der Waals surface area contributed by atoms with Crippen LogP contribution in [0.1, 0.15) is 24.8 Å². The van der Waals surface area contributed by atoms with Gasteiger partial charge in [-0.1, -0.05) is 0 Å². The molecule has 0 amide bonds. The van der Waals surface area contributed by atoms with Crippen LogP contribution in [0, 0.1) is 9.39 Å². The number of rotatable bonds is 3. The molecule has 1 heterocycles. The van der Waals surface area contributed by atoms with Crippen molar-refractivity contribution in [2.75, 3.05) is 6.61 Å². The van der Waals surface area contributed by atoms with Crippen LogP contribution in [0.5, 0.6) is 0 Å². The highest BCUT2D eigenvalue weighted by Gasteiger charge is 2.15. The predicted octanol–water partition coefficient (Wildman–Crippen LogP) is 4.24. The van der Waals surface area contributed by atoms with Crippen LogP contribution in [0.4, 0.5) is 4.39 Å². The van der Waals surface area contributed by atoms with Crippen LogP contribution >= 0.6 is 38.5 Å². The minimum atomic E-state index is -0.243. The fraction of sp³-hybridized carbons (Fsp3) is 0.500. The molecule has 1 aromatic rings. The van der Waals surface area contributed by atoms with Gasteiger partial charge in [-0.15, -0.1) is 0 Å². The van der Waals surface area contributed by atoms with Crippen LogP contribution in [0.2, 0.25) is 0 Å². The van der Waals surface area contributed by atoms with E-state index in [1.807, 2.05) is 0 Å². The van der Waals surface area contributed by atoms with Crippen molar-refractivity contribution in [3.8, 4) is 0 Å². The van der Waals surface area contributed by atoms with Crippen molar-refractivity contribution in [3.05, 3.63) is 31.6 Å². The lowest BCUT2D eigenvalue weighted by molar-refractivity contribution is -0.169. The Labute approximate surface area is 122 Å². The lowest BCUT2D eigenvalue weighted by Crippen LogP contribution is -2.22. The van der Waals surface area contributed by atoms with Crippen molar-refractivity contribution in [2.24, 2.45) is 0 Å². The molecule has 0 aromatic heterocycles. The third kappa shape index (κ3) is 3.87. The molecular weight excluding hydrogens is 402 g/mol. The van der Waals surface area contributed by atoms with Gasteiger partial charge in [0.2, 0.25) is 0 Å². The van der Waals surface area contributed by atoms with E-state index in [2.05, 4.69) is 38.5 Å². The minimum absolute atomic E-state index is 0.108. The molecule has 1 aliphatic rings. The maximum Gasteiger partial charge on any atom is 0.158 e. The standard InChI is InChI=1S/C12H13BrFIO2/c13-9-5-8(11(15)6-10(9)14)7-17-12-3-1-2-4-16-12/h5-6,12H,1-4,7H2. The summed E-state index contributed by atoms with van der Waals surface area (Å²) in [5, 5.41) is 0. The molecule has 0 saturated carbocycles. The van der Waals surface area contributed by atoms with Crippen LogP contribution in [0.15, 0.2) is 16.6 Å². The number of ether oxygens (including phenoxy) is 2. The Bertz CT molecular complexity index is 394. The molecule has 5 heteroatoms. The van der Waals surface area contributed by atoms with Crippen molar-refractivity contribution in [2.45, 2.75) is 32.2 Å². The van der Waals surface area contributed by atoms with Gasteiger partial charge in [0.15, 0.2) is 6.29 Å². The minimum Gasteiger partial charge on any atom is -0.353 e. The van der Waals surface area contributed by atoms with Crippen LogP contribution in [-0.4, -0.2) is 12.9 Å². The van der Waals surface area contributed by atoms with Gasteiger partial charge in [-0.2, -0.15) is 0 Å². The molecule has 0 N–H and O–H groups in total. The van der Waals surface area contributed by atoms with Gasteiger partial charge >= 0.3 is 0 Å². The number of hydrogen-bond acceptors (Lipinski definition) is 2. The summed E-state index contributed by atoms with van der Waals surface area (Å²) in [5.74, 6) is -0.243. The molecule has 0 bridgehead atoms. The zero-order valence-corrected chi connectivity index (χ0v) is 13.0. The molecule has 94 valence electrons. The van der Waals surface area contributed by atoms with E-state index in [9.17, 15) is 4.39 Å². The zero-order chi connectivity index (χ0) is 12.3. The summed E-state index contributed by atoms with van der Waals surface area (Å²) in [5.41, 5.74) is 0.980. The topological polar surface area (TPSA) is 18.5 Å². The first-order chi connectivity index (χ1) is 8.16. The molecule has 1 aromatic carbocycles. The Balaban J connectivity index is 1.96. The van der Waals surface area contributed by atoms with E-state index in [0.29, 0.717) is 11.1 Å². The molecule has 1 saturated heterocycles.